The predicted octanol–water partition coefficient (Wildman–Crippen LogP) is 1.44. The number of anilines is 2. The summed E-state index contributed by atoms with van der Waals surface area (Å²) >= 11 is 0. The van der Waals surface area contributed by atoms with Crippen LogP contribution in [0, 0.1) is 6.92 Å². The molecule has 1 aliphatic rings. The molecule has 10 nitrogen and oxygen atoms in total. The highest BCUT2D eigenvalue weighted by Gasteiger charge is 2.37. The van der Waals surface area contributed by atoms with Crippen LogP contribution in [-0.2, 0) is 15.7 Å². The van der Waals surface area contributed by atoms with Gasteiger partial charge in [-0.1, -0.05) is 0 Å². The molecule has 1 amide bonds. The summed E-state index contributed by atoms with van der Waals surface area (Å²) in [5, 5.41) is 7.78. The van der Waals surface area contributed by atoms with E-state index < -0.39 is 29.0 Å². The van der Waals surface area contributed by atoms with E-state index in [9.17, 15) is 22.8 Å². The molecule has 2 aromatic heterocycles. The molecule has 3 rings (SSSR count). The second-order valence-electron chi connectivity index (χ2n) is 7.74. The lowest BCUT2D eigenvalue weighted by Crippen LogP contribution is -2.49. The maximum atomic E-state index is 13.1. The molecule has 3 heterocycles. The summed E-state index contributed by atoms with van der Waals surface area (Å²) in [6, 6.07) is -0.538. The zero-order valence-corrected chi connectivity index (χ0v) is 18.4. The van der Waals surface area contributed by atoms with Gasteiger partial charge in [0.05, 0.1) is 49.6 Å². The van der Waals surface area contributed by atoms with Gasteiger partial charge in [0.1, 0.15) is 11.4 Å². The van der Waals surface area contributed by atoms with Crippen molar-refractivity contribution < 1.29 is 22.7 Å². The molecule has 1 atom stereocenters. The van der Waals surface area contributed by atoms with E-state index >= 15 is 0 Å². The van der Waals surface area contributed by atoms with Gasteiger partial charge in [-0.2, -0.15) is 18.3 Å². The van der Waals surface area contributed by atoms with E-state index in [0.29, 0.717) is 26.2 Å². The van der Waals surface area contributed by atoms with Crippen LogP contribution in [0.25, 0.3) is 0 Å². The number of carbonyl (C=O) groups excluding carboxylic acids is 1. The van der Waals surface area contributed by atoms with Crippen molar-refractivity contribution in [2.24, 2.45) is 0 Å². The van der Waals surface area contributed by atoms with Gasteiger partial charge in [0, 0.05) is 32.2 Å². The number of H-pyrrole nitrogens is 1. The first kappa shape index (κ1) is 24.4. The molecule has 0 aliphatic carbocycles. The van der Waals surface area contributed by atoms with Crippen molar-refractivity contribution in [2.75, 3.05) is 49.6 Å². The lowest BCUT2D eigenvalue weighted by molar-refractivity contribution is -0.138. The van der Waals surface area contributed by atoms with Gasteiger partial charge >= 0.3 is 6.18 Å². The van der Waals surface area contributed by atoms with Crippen molar-refractivity contribution in [1.82, 2.24) is 25.1 Å². The molecule has 1 aliphatic heterocycles. The number of alkyl halides is 3. The molecule has 2 N–H and O–H groups in total. The van der Waals surface area contributed by atoms with Gasteiger partial charge in [-0.3, -0.25) is 14.6 Å². The summed E-state index contributed by atoms with van der Waals surface area (Å²) in [7, 11) is 0. The van der Waals surface area contributed by atoms with E-state index in [1.165, 1.54) is 0 Å². The summed E-state index contributed by atoms with van der Waals surface area (Å²) in [5.74, 6) is 0.727. The summed E-state index contributed by atoms with van der Waals surface area (Å²) in [4.78, 5) is 36.3. The first-order valence-electron chi connectivity index (χ1n) is 10.5. The van der Waals surface area contributed by atoms with E-state index in [4.69, 9.17) is 4.74 Å². The number of hydrogen-bond donors (Lipinski definition) is 2. The number of halogens is 3. The lowest BCUT2D eigenvalue weighted by atomic mass is 10.2. The predicted molar refractivity (Wildman–Crippen MR) is 114 cm³/mol. The Morgan fingerprint density at radius 3 is 2.58 bits per heavy atom. The zero-order chi connectivity index (χ0) is 24.0. The number of ether oxygens (including phenoxy) is 1. The number of aromatic nitrogens is 4. The standard InChI is InChI=1S/C20H26F3N7O3/c1-13-9-25-16(11-24-13)29-4-6-30(7-5-29)17(31)3-8-33-12-14(2)27-15-10-26-28-19(32)18(15)20(21,22)23/h9-11,14H,3-8,12H2,1-2H3,(H2,27,28,32)/t14-/m0/s1. The molecular formula is C20H26F3N7O3. The third kappa shape index (κ3) is 6.63. The number of aryl methyl sites for hydroxylation is 1. The number of aromatic amines is 1. The van der Waals surface area contributed by atoms with Crippen LogP contribution in [0.5, 0.6) is 0 Å². The topological polar surface area (TPSA) is 116 Å². The average Bonchev–Trinajstić information content (AvgIpc) is 2.76. The van der Waals surface area contributed by atoms with E-state index in [1.807, 2.05) is 6.92 Å². The van der Waals surface area contributed by atoms with Crippen molar-refractivity contribution in [1.29, 1.82) is 0 Å². The van der Waals surface area contributed by atoms with Gasteiger partial charge in [0.15, 0.2) is 0 Å². The molecule has 0 aromatic carbocycles. The Labute approximate surface area is 188 Å². The van der Waals surface area contributed by atoms with Gasteiger partial charge < -0.3 is 19.9 Å². The highest BCUT2D eigenvalue weighted by molar-refractivity contribution is 5.76. The number of amides is 1. The summed E-state index contributed by atoms with van der Waals surface area (Å²) in [5.41, 5.74) is -2.24. The number of hydrogen-bond acceptors (Lipinski definition) is 8. The molecule has 13 heteroatoms. The fraction of sp³-hybridized carbons (Fsp3) is 0.550. The van der Waals surface area contributed by atoms with Crippen LogP contribution in [0.4, 0.5) is 24.7 Å². The largest absolute Gasteiger partial charge is 0.423 e. The van der Waals surface area contributed by atoms with E-state index in [1.54, 1.807) is 29.3 Å². The second kappa shape index (κ2) is 10.6. The second-order valence-corrected chi connectivity index (χ2v) is 7.74. The van der Waals surface area contributed by atoms with Crippen molar-refractivity contribution in [3.63, 3.8) is 0 Å². The minimum Gasteiger partial charge on any atom is -0.379 e. The normalized spacial score (nSPS) is 15.4. The SMILES string of the molecule is Cc1cnc(N2CCN(C(=O)CCOC[C@H](C)Nc3cn[nH]c(=O)c3C(F)(F)F)CC2)cn1. The van der Waals surface area contributed by atoms with Gasteiger partial charge in [-0.05, 0) is 13.8 Å². The van der Waals surface area contributed by atoms with Crippen LogP contribution in [0.3, 0.4) is 0 Å². The third-order valence-electron chi connectivity index (χ3n) is 5.09. The first-order chi connectivity index (χ1) is 15.6. The van der Waals surface area contributed by atoms with Crippen LogP contribution >= 0.6 is 0 Å². The van der Waals surface area contributed by atoms with E-state index in [2.05, 4.69) is 25.3 Å². The number of carbonyl (C=O) groups is 1. The number of nitrogens with zero attached hydrogens (tertiary/aromatic N) is 5. The van der Waals surface area contributed by atoms with Gasteiger partial charge in [0.2, 0.25) is 5.91 Å². The van der Waals surface area contributed by atoms with Crippen LogP contribution in [-0.4, -0.2) is 76.4 Å². The van der Waals surface area contributed by atoms with Gasteiger partial charge in [-0.25, -0.2) is 10.1 Å². The van der Waals surface area contributed by atoms with Crippen LogP contribution < -0.4 is 15.8 Å². The number of rotatable bonds is 8. The Morgan fingerprint density at radius 2 is 1.94 bits per heavy atom. The molecule has 0 unspecified atom stereocenters. The highest BCUT2D eigenvalue weighted by atomic mass is 19.4. The minimum atomic E-state index is -4.82. The average molecular weight is 469 g/mol. The zero-order valence-electron chi connectivity index (χ0n) is 18.4. The van der Waals surface area contributed by atoms with E-state index in [-0.39, 0.29) is 25.5 Å². The number of nitrogens with one attached hydrogen (secondary N) is 2. The van der Waals surface area contributed by atoms with Crippen molar-refractivity contribution >= 4 is 17.4 Å². The summed E-state index contributed by atoms with van der Waals surface area (Å²) in [6.45, 7) is 6.08. The van der Waals surface area contributed by atoms with Gasteiger partial charge in [-0.15, -0.1) is 0 Å². The molecule has 0 radical (unpaired) electrons. The van der Waals surface area contributed by atoms with Crippen LogP contribution in [0.1, 0.15) is 24.6 Å². The third-order valence-corrected chi connectivity index (χ3v) is 5.09. The first-order valence-corrected chi connectivity index (χ1v) is 10.5. The Bertz CT molecular complexity index is 990. The minimum absolute atomic E-state index is 0.0524. The molecule has 0 saturated carbocycles. The Morgan fingerprint density at radius 1 is 1.21 bits per heavy atom. The molecule has 1 saturated heterocycles. The van der Waals surface area contributed by atoms with Crippen LogP contribution in [0.15, 0.2) is 23.4 Å². The fourth-order valence-electron chi connectivity index (χ4n) is 3.41. The van der Waals surface area contributed by atoms with Crippen molar-refractivity contribution in [3.05, 3.63) is 40.2 Å². The molecule has 0 bridgehead atoms. The molecule has 1 fully saturated rings. The molecule has 2 aromatic rings. The van der Waals surface area contributed by atoms with Crippen LogP contribution in [0.2, 0.25) is 0 Å². The quantitative estimate of drug-likeness (QED) is 0.558. The molecular weight excluding hydrogens is 443 g/mol. The molecule has 0 spiro atoms. The Balaban J connectivity index is 1.39. The maximum Gasteiger partial charge on any atom is 0.423 e. The number of piperazine rings is 1. The fourth-order valence-corrected chi connectivity index (χ4v) is 3.41. The van der Waals surface area contributed by atoms with Gasteiger partial charge in [0.25, 0.3) is 5.56 Å². The summed E-state index contributed by atoms with van der Waals surface area (Å²) in [6.07, 6.45) is -0.323. The lowest BCUT2D eigenvalue weighted by Gasteiger charge is -2.35. The smallest absolute Gasteiger partial charge is 0.379 e. The van der Waals surface area contributed by atoms with Crippen molar-refractivity contribution in [2.45, 2.75) is 32.5 Å². The maximum absolute atomic E-state index is 13.1. The van der Waals surface area contributed by atoms with Crippen molar-refractivity contribution in [3.8, 4) is 0 Å². The highest BCUT2D eigenvalue weighted by Crippen LogP contribution is 2.31. The summed E-state index contributed by atoms with van der Waals surface area (Å²) < 4.78 is 44.8. The monoisotopic (exact) mass is 469 g/mol. The molecule has 33 heavy (non-hydrogen) atoms. The van der Waals surface area contributed by atoms with E-state index in [0.717, 1.165) is 17.7 Å². The Hall–Kier alpha value is -3.22. The Kier molecular flexibility index (Phi) is 7.84. The molecule has 180 valence electrons.